The lowest BCUT2D eigenvalue weighted by atomic mass is 9.99. The quantitative estimate of drug-likeness (QED) is 0.315. The van der Waals surface area contributed by atoms with Crippen molar-refractivity contribution in [2.75, 3.05) is 0 Å². The van der Waals surface area contributed by atoms with Crippen molar-refractivity contribution in [2.24, 2.45) is 0 Å². The molecule has 0 aromatic heterocycles. The molecule has 0 saturated heterocycles. The second kappa shape index (κ2) is 3.58. The number of aromatic hydroxyl groups is 5. The van der Waals surface area contributed by atoms with Crippen LogP contribution in [0.5, 0.6) is 28.7 Å². The van der Waals surface area contributed by atoms with Gasteiger partial charge in [0.1, 0.15) is 0 Å². The predicted molar refractivity (Wildman–Crippen MR) is 69.8 cm³/mol. The molecule has 0 amide bonds. The molecule has 5 nitrogen and oxygen atoms in total. The highest BCUT2D eigenvalue weighted by Crippen LogP contribution is 2.46. The Kier molecular flexibility index (Phi) is 2.13. The summed E-state index contributed by atoms with van der Waals surface area (Å²) in [5, 5.41) is 49.8. The van der Waals surface area contributed by atoms with Gasteiger partial charge >= 0.3 is 0 Å². The van der Waals surface area contributed by atoms with E-state index in [1.165, 1.54) is 18.2 Å². The second-order valence-electron chi connectivity index (χ2n) is 4.28. The number of benzene rings is 3. The molecule has 0 spiro atoms. The van der Waals surface area contributed by atoms with E-state index in [4.69, 9.17) is 0 Å². The molecule has 5 N–H and O–H groups in total. The molecule has 0 bridgehead atoms. The highest BCUT2D eigenvalue weighted by atomic mass is 16.3. The van der Waals surface area contributed by atoms with Gasteiger partial charge in [-0.2, -0.15) is 0 Å². The molecular weight excluding hydrogens is 248 g/mol. The summed E-state index contributed by atoms with van der Waals surface area (Å²) in [5.74, 6) is -2.08. The molecule has 0 unspecified atom stereocenters. The van der Waals surface area contributed by atoms with E-state index >= 15 is 0 Å². The maximum atomic E-state index is 9.94. The van der Waals surface area contributed by atoms with Crippen LogP contribution < -0.4 is 0 Å². The van der Waals surface area contributed by atoms with Gasteiger partial charge in [0.15, 0.2) is 23.0 Å². The van der Waals surface area contributed by atoms with Gasteiger partial charge in [0.25, 0.3) is 0 Å². The second-order valence-corrected chi connectivity index (χ2v) is 4.28. The largest absolute Gasteiger partial charge is 0.504 e. The molecule has 19 heavy (non-hydrogen) atoms. The minimum Gasteiger partial charge on any atom is -0.504 e. The summed E-state index contributed by atoms with van der Waals surface area (Å²) in [7, 11) is 0. The van der Waals surface area contributed by atoms with Crippen LogP contribution in [0.25, 0.3) is 21.5 Å². The average molecular weight is 258 g/mol. The molecule has 0 aliphatic carbocycles. The number of hydrogen-bond acceptors (Lipinski definition) is 5. The molecule has 96 valence electrons. The third kappa shape index (κ3) is 1.41. The summed E-state index contributed by atoms with van der Waals surface area (Å²) in [6.45, 7) is 0. The highest BCUT2D eigenvalue weighted by Gasteiger charge is 2.15. The zero-order valence-corrected chi connectivity index (χ0v) is 9.62. The Morgan fingerprint density at radius 3 is 2.00 bits per heavy atom. The van der Waals surface area contributed by atoms with Crippen molar-refractivity contribution < 1.29 is 25.5 Å². The van der Waals surface area contributed by atoms with Crippen molar-refractivity contribution in [3.05, 3.63) is 30.3 Å². The van der Waals surface area contributed by atoms with Crippen molar-refractivity contribution in [3.63, 3.8) is 0 Å². The van der Waals surface area contributed by atoms with E-state index in [2.05, 4.69) is 0 Å². The van der Waals surface area contributed by atoms with Crippen LogP contribution in [0.2, 0.25) is 0 Å². The van der Waals surface area contributed by atoms with E-state index in [0.29, 0.717) is 21.5 Å². The fraction of sp³-hybridized carbons (Fsp3) is 0. The molecule has 0 saturated carbocycles. The van der Waals surface area contributed by atoms with E-state index in [0.717, 1.165) is 0 Å². The summed E-state index contributed by atoms with van der Waals surface area (Å²) in [5.41, 5.74) is 0. The smallest absolute Gasteiger partial charge is 0.200 e. The third-order valence-electron chi connectivity index (χ3n) is 3.18. The monoisotopic (exact) mass is 258 g/mol. The van der Waals surface area contributed by atoms with Gasteiger partial charge in [0.2, 0.25) is 5.75 Å². The van der Waals surface area contributed by atoms with Crippen molar-refractivity contribution in [3.8, 4) is 28.7 Å². The van der Waals surface area contributed by atoms with E-state index in [-0.39, 0.29) is 11.5 Å². The molecule has 5 heteroatoms. The minimum atomic E-state index is -0.618. The molecular formula is C14H10O5. The molecule has 0 aliphatic heterocycles. The molecule has 0 aliphatic rings. The number of rotatable bonds is 0. The Morgan fingerprint density at radius 2 is 1.26 bits per heavy atom. The Balaban J connectivity index is 2.60. The molecule has 3 aromatic carbocycles. The van der Waals surface area contributed by atoms with Crippen LogP contribution in [0.15, 0.2) is 30.3 Å². The van der Waals surface area contributed by atoms with Crippen LogP contribution >= 0.6 is 0 Å². The predicted octanol–water partition coefficient (Wildman–Crippen LogP) is 2.52. The topological polar surface area (TPSA) is 101 Å². The van der Waals surface area contributed by atoms with Gasteiger partial charge in [0.05, 0.1) is 0 Å². The van der Waals surface area contributed by atoms with Gasteiger partial charge in [-0.25, -0.2) is 0 Å². The molecule has 0 fully saturated rings. The Bertz CT molecular complexity index is 823. The Labute approximate surface area is 107 Å². The average Bonchev–Trinajstić information content (AvgIpc) is 2.39. The zero-order valence-electron chi connectivity index (χ0n) is 9.62. The first kappa shape index (κ1) is 11.3. The number of phenolic OH excluding ortho intramolecular Hbond substituents is 5. The number of hydrogen-bond donors (Lipinski definition) is 5. The normalized spacial score (nSPS) is 11.2. The van der Waals surface area contributed by atoms with Gasteiger partial charge in [-0.1, -0.05) is 6.07 Å². The van der Waals surface area contributed by atoms with E-state index in [9.17, 15) is 25.5 Å². The first-order chi connectivity index (χ1) is 9.00. The molecule has 3 rings (SSSR count). The first-order valence-corrected chi connectivity index (χ1v) is 5.52. The molecule has 0 radical (unpaired) electrons. The van der Waals surface area contributed by atoms with E-state index in [1.807, 2.05) is 0 Å². The minimum absolute atomic E-state index is 0.269. The van der Waals surface area contributed by atoms with Gasteiger partial charge in [-0.05, 0) is 35.0 Å². The van der Waals surface area contributed by atoms with Gasteiger partial charge in [0, 0.05) is 10.8 Å². The summed E-state index contributed by atoms with van der Waals surface area (Å²) < 4.78 is 0. The summed E-state index contributed by atoms with van der Waals surface area (Å²) in [6.07, 6.45) is 0. The van der Waals surface area contributed by atoms with Gasteiger partial charge in [-0.3, -0.25) is 0 Å². The van der Waals surface area contributed by atoms with E-state index < -0.39 is 17.2 Å². The standard InChI is InChI=1S/C14H10O5/c15-9-4-3-7-8(12(9)17)2-1-6-5-10(16)13(18)14(19)11(6)7/h1-5,15-19H. The van der Waals surface area contributed by atoms with Crippen LogP contribution in [0.1, 0.15) is 0 Å². The Hall–Kier alpha value is -2.82. The number of phenols is 5. The summed E-state index contributed by atoms with van der Waals surface area (Å²) >= 11 is 0. The molecule has 3 aromatic rings. The Morgan fingerprint density at radius 1 is 0.579 bits per heavy atom. The lowest BCUT2D eigenvalue weighted by Crippen LogP contribution is -1.82. The maximum absolute atomic E-state index is 9.94. The third-order valence-corrected chi connectivity index (χ3v) is 3.18. The summed E-state index contributed by atoms with van der Waals surface area (Å²) in [6, 6.07) is 7.25. The van der Waals surface area contributed by atoms with Crippen molar-refractivity contribution >= 4 is 21.5 Å². The van der Waals surface area contributed by atoms with Crippen LogP contribution in [0.4, 0.5) is 0 Å². The fourth-order valence-electron chi connectivity index (χ4n) is 2.24. The molecule has 0 heterocycles. The summed E-state index contributed by atoms with van der Waals surface area (Å²) in [4.78, 5) is 0. The van der Waals surface area contributed by atoms with Crippen LogP contribution in [-0.2, 0) is 0 Å². The van der Waals surface area contributed by atoms with Crippen LogP contribution in [0, 0.1) is 0 Å². The van der Waals surface area contributed by atoms with Crippen molar-refractivity contribution in [1.29, 1.82) is 0 Å². The van der Waals surface area contributed by atoms with Crippen molar-refractivity contribution in [1.82, 2.24) is 0 Å². The van der Waals surface area contributed by atoms with Crippen LogP contribution in [-0.4, -0.2) is 25.5 Å². The molecule has 0 atom stereocenters. The fourth-order valence-corrected chi connectivity index (χ4v) is 2.24. The van der Waals surface area contributed by atoms with E-state index in [1.54, 1.807) is 12.1 Å². The van der Waals surface area contributed by atoms with Crippen molar-refractivity contribution in [2.45, 2.75) is 0 Å². The SMILES string of the molecule is Oc1cc2ccc3c(O)c(O)ccc3c2c(O)c1O. The zero-order chi connectivity index (χ0) is 13.7. The maximum Gasteiger partial charge on any atom is 0.200 e. The van der Waals surface area contributed by atoms with Crippen LogP contribution in [0.3, 0.4) is 0 Å². The highest BCUT2D eigenvalue weighted by molar-refractivity contribution is 6.13. The first-order valence-electron chi connectivity index (χ1n) is 5.52. The lowest BCUT2D eigenvalue weighted by Gasteiger charge is -2.10. The van der Waals surface area contributed by atoms with Gasteiger partial charge < -0.3 is 25.5 Å². The lowest BCUT2D eigenvalue weighted by molar-refractivity contribution is 0.371. The van der Waals surface area contributed by atoms with Gasteiger partial charge in [-0.15, -0.1) is 0 Å². The number of fused-ring (bicyclic) bond motifs is 3.